The van der Waals surface area contributed by atoms with Crippen LogP contribution in [0, 0.1) is 11.8 Å². The molecule has 0 saturated heterocycles. The normalized spacial score (nSPS) is 18.9. The Morgan fingerprint density at radius 3 is 2.67 bits per heavy atom. The molecule has 2 atom stereocenters. The van der Waals surface area contributed by atoms with Gasteiger partial charge in [-0.25, -0.2) is 0 Å². The highest BCUT2D eigenvalue weighted by Crippen LogP contribution is 2.38. The fourth-order valence-electron chi connectivity index (χ4n) is 3.27. The third-order valence-electron chi connectivity index (χ3n) is 4.29. The van der Waals surface area contributed by atoms with E-state index in [1.54, 1.807) is 11.3 Å². The van der Waals surface area contributed by atoms with Gasteiger partial charge in [0.15, 0.2) is 0 Å². The summed E-state index contributed by atoms with van der Waals surface area (Å²) in [6, 6.07) is 4.36. The second-order valence-corrected chi connectivity index (χ2v) is 7.39. The highest BCUT2D eigenvalue weighted by atomic mass is 32.1. The summed E-state index contributed by atoms with van der Waals surface area (Å²) >= 11 is 1.78. The molecule has 1 aliphatic rings. The van der Waals surface area contributed by atoms with E-state index in [-0.39, 0.29) is 18.1 Å². The number of esters is 1. The van der Waals surface area contributed by atoms with Crippen LogP contribution in [0.15, 0.2) is 17.5 Å². The number of thiophene rings is 1. The summed E-state index contributed by atoms with van der Waals surface area (Å²) in [5, 5.41) is 5.74. The van der Waals surface area contributed by atoms with Crippen molar-refractivity contribution >= 4 is 17.3 Å². The first-order chi connectivity index (χ1) is 10.1. The number of ether oxygens (including phenoxy) is 1. The molecular weight excluding hydrogens is 282 g/mol. The summed E-state index contributed by atoms with van der Waals surface area (Å²) in [4.78, 5) is 13.4. The molecule has 1 aromatic heterocycles. The van der Waals surface area contributed by atoms with Crippen molar-refractivity contribution in [2.24, 2.45) is 11.8 Å². The van der Waals surface area contributed by atoms with Gasteiger partial charge in [0.05, 0.1) is 7.11 Å². The third-order valence-corrected chi connectivity index (χ3v) is 5.25. The predicted octanol–water partition coefficient (Wildman–Crippen LogP) is 4.16. The van der Waals surface area contributed by atoms with Crippen LogP contribution < -0.4 is 5.32 Å². The Bertz CT molecular complexity index is 424. The Balaban J connectivity index is 2.13. The zero-order valence-electron chi connectivity index (χ0n) is 13.3. The summed E-state index contributed by atoms with van der Waals surface area (Å²) < 4.78 is 5.00. The van der Waals surface area contributed by atoms with E-state index in [0.717, 1.165) is 6.42 Å². The van der Waals surface area contributed by atoms with Crippen LogP contribution in [0.5, 0.6) is 0 Å². The van der Waals surface area contributed by atoms with E-state index in [1.165, 1.54) is 37.7 Å². The van der Waals surface area contributed by atoms with Crippen LogP contribution in [0.2, 0.25) is 0 Å². The zero-order chi connectivity index (χ0) is 15.2. The lowest BCUT2D eigenvalue weighted by Crippen LogP contribution is -2.42. The molecule has 2 rings (SSSR count). The first kappa shape index (κ1) is 16.5. The van der Waals surface area contributed by atoms with Gasteiger partial charge in [-0.3, -0.25) is 10.1 Å². The van der Waals surface area contributed by atoms with Gasteiger partial charge in [-0.1, -0.05) is 32.8 Å². The van der Waals surface area contributed by atoms with Gasteiger partial charge < -0.3 is 4.74 Å². The quantitative estimate of drug-likeness (QED) is 0.769. The van der Waals surface area contributed by atoms with Crippen LogP contribution >= 0.6 is 11.3 Å². The summed E-state index contributed by atoms with van der Waals surface area (Å²) in [6.45, 7) is 4.29. The van der Waals surface area contributed by atoms with E-state index in [2.05, 4.69) is 36.7 Å². The van der Waals surface area contributed by atoms with Gasteiger partial charge in [-0.15, -0.1) is 11.3 Å². The molecule has 1 saturated carbocycles. The molecule has 0 bridgehead atoms. The molecule has 0 spiro atoms. The smallest absolute Gasteiger partial charge is 0.322 e. The molecule has 2 unspecified atom stereocenters. The van der Waals surface area contributed by atoms with Crippen molar-refractivity contribution in [1.29, 1.82) is 0 Å². The number of rotatable bonds is 7. The standard InChI is InChI=1S/C17H27NO2S/c1-12(2)11-14(17(19)20-3)18-16(13-7-4-5-8-13)15-9-6-10-21-15/h6,9-10,12-14,16,18H,4-5,7-8,11H2,1-3H3. The van der Waals surface area contributed by atoms with E-state index >= 15 is 0 Å². The molecule has 1 aliphatic carbocycles. The molecule has 1 N–H and O–H groups in total. The molecule has 0 aromatic carbocycles. The zero-order valence-corrected chi connectivity index (χ0v) is 14.1. The molecule has 3 nitrogen and oxygen atoms in total. The molecule has 0 radical (unpaired) electrons. The first-order valence-corrected chi connectivity index (χ1v) is 8.87. The minimum atomic E-state index is -0.206. The number of methoxy groups -OCH3 is 1. The van der Waals surface area contributed by atoms with Crippen LogP contribution in [-0.2, 0) is 9.53 Å². The number of carbonyl (C=O) groups is 1. The Hall–Kier alpha value is -0.870. The second-order valence-electron chi connectivity index (χ2n) is 6.41. The average Bonchev–Trinajstić information content (AvgIpc) is 3.14. The van der Waals surface area contributed by atoms with Gasteiger partial charge in [0.1, 0.15) is 6.04 Å². The summed E-state index contributed by atoms with van der Waals surface area (Å²) in [5.74, 6) is 0.973. The van der Waals surface area contributed by atoms with Gasteiger partial charge >= 0.3 is 5.97 Å². The second kappa shape index (κ2) is 7.95. The fraction of sp³-hybridized carbons (Fsp3) is 0.706. The first-order valence-electron chi connectivity index (χ1n) is 7.99. The largest absolute Gasteiger partial charge is 0.468 e. The van der Waals surface area contributed by atoms with Crippen LogP contribution in [0.4, 0.5) is 0 Å². The van der Waals surface area contributed by atoms with Crippen LogP contribution in [0.25, 0.3) is 0 Å². The third kappa shape index (κ3) is 4.55. The average molecular weight is 309 g/mol. The van der Waals surface area contributed by atoms with E-state index in [9.17, 15) is 4.79 Å². The van der Waals surface area contributed by atoms with Crippen molar-refractivity contribution in [2.45, 2.75) is 58.0 Å². The Labute approximate surface area is 132 Å². The maximum atomic E-state index is 12.1. The number of hydrogen-bond acceptors (Lipinski definition) is 4. The molecule has 21 heavy (non-hydrogen) atoms. The summed E-state index contributed by atoms with van der Waals surface area (Å²) in [5.41, 5.74) is 0. The van der Waals surface area contributed by atoms with E-state index in [0.29, 0.717) is 11.8 Å². The molecular formula is C17H27NO2S. The lowest BCUT2D eigenvalue weighted by atomic mass is 9.94. The Morgan fingerprint density at radius 2 is 2.14 bits per heavy atom. The Kier molecular flexibility index (Phi) is 6.24. The van der Waals surface area contributed by atoms with Crippen molar-refractivity contribution in [3.05, 3.63) is 22.4 Å². The van der Waals surface area contributed by atoms with Gasteiger partial charge in [-0.2, -0.15) is 0 Å². The monoisotopic (exact) mass is 309 g/mol. The van der Waals surface area contributed by atoms with Crippen LogP contribution in [0.1, 0.15) is 56.9 Å². The maximum Gasteiger partial charge on any atom is 0.322 e. The lowest BCUT2D eigenvalue weighted by molar-refractivity contribution is -0.144. The van der Waals surface area contributed by atoms with Crippen LogP contribution in [-0.4, -0.2) is 19.1 Å². The van der Waals surface area contributed by atoms with Gasteiger partial charge in [-0.05, 0) is 42.5 Å². The van der Waals surface area contributed by atoms with E-state index in [4.69, 9.17) is 4.74 Å². The molecule has 1 aromatic rings. The maximum absolute atomic E-state index is 12.1. The Morgan fingerprint density at radius 1 is 1.43 bits per heavy atom. The van der Waals surface area contributed by atoms with E-state index in [1.807, 2.05) is 0 Å². The number of nitrogens with one attached hydrogen (secondary N) is 1. The summed E-state index contributed by atoms with van der Waals surface area (Å²) in [6.07, 6.45) is 5.94. The predicted molar refractivity (Wildman–Crippen MR) is 87.4 cm³/mol. The molecule has 1 heterocycles. The molecule has 0 amide bonds. The van der Waals surface area contributed by atoms with Crippen molar-refractivity contribution in [3.8, 4) is 0 Å². The van der Waals surface area contributed by atoms with Crippen LogP contribution in [0.3, 0.4) is 0 Å². The number of hydrogen-bond donors (Lipinski definition) is 1. The van der Waals surface area contributed by atoms with E-state index < -0.39 is 0 Å². The van der Waals surface area contributed by atoms with Gasteiger partial charge in [0.25, 0.3) is 0 Å². The van der Waals surface area contributed by atoms with Crippen molar-refractivity contribution in [3.63, 3.8) is 0 Å². The molecule has 0 aliphatic heterocycles. The van der Waals surface area contributed by atoms with Gasteiger partial charge in [0.2, 0.25) is 0 Å². The number of carbonyl (C=O) groups excluding carboxylic acids is 1. The van der Waals surface area contributed by atoms with Gasteiger partial charge in [0, 0.05) is 10.9 Å². The molecule has 1 fully saturated rings. The topological polar surface area (TPSA) is 38.3 Å². The highest BCUT2D eigenvalue weighted by Gasteiger charge is 2.31. The van der Waals surface area contributed by atoms with Crippen molar-refractivity contribution < 1.29 is 9.53 Å². The highest BCUT2D eigenvalue weighted by molar-refractivity contribution is 7.10. The fourth-order valence-corrected chi connectivity index (χ4v) is 4.15. The van der Waals surface area contributed by atoms with Crippen molar-refractivity contribution in [2.75, 3.05) is 7.11 Å². The molecule has 118 valence electrons. The minimum Gasteiger partial charge on any atom is -0.468 e. The SMILES string of the molecule is COC(=O)C(CC(C)C)NC(c1cccs1)C1CCCC1. The minimum absolute atomic E-state index is 0.136. The van der Waals surface area contributed by atoms with Crippen molar-refractivity contribution in [1.82, 2.24) is 5.32 Å². The molecule has 4 heteroatoms. The lowest BCUT2D eigenvalue weighted by Gasteiger charge is -2.29. The summed E-state index contributed by atoms with van der Waals surface area (Å²) in [7, 11) is 1.48.